The molecule has 0 aliphatic heterocycles. The first-order chi connectivity index (χ1) is 11.0. The maximum atomic E-state index is 12.3. The molecule has 5 heteroatoms. The molecule has 1 N–H and O–H groups in total. The summed E-state index contributed by atoms with van der Waals surface area (Å²) in [5.41, 5.74) is 1.71. The molecule has 1 unspecified atom stereocenters. The van der Waals surface area contributed by atoms with Gasteiger partial charge in [-0.05, 0) is 44.3 Å². The van der Waals surface area contributed by atoms with E-state index >= 15 is 0 Å². The monoisotopic (exact) mass is 350 g/mol. The zero-order valence-electron chi connectivity index (χ0n) is 13.2. The average Bonchev–Trinajstić information content (AvgIpc) is 2.50. The van der Waals surface area contributed by atoms with Crippen molar-refractivity contribution in [1.29, 1.82) is 0 Å². The summed E-state index contributed by atoms with van der Waals surface area (Å²) in [6.07, 6.45) is 0.865. The topological polar surface area (TPSA) is 32.3 Å². The molecule has 3 nitrogen and oxygen atoms in total. The number of nitrogens with one attached hydrogen (secondary N) is 1. The van der Waals surface area contributed by atoms with Gasteiger partial charge in [-0.3, -0.25) is 4.79 Å². The van der Waals surface area contributed by atoms with Crippen LogP contribution in [0.1, 0.15) is 15.9 Å². The number of benzene rings is 2. The molecule has 23 heavy (non-hydrogen) atoms. The van der Waals surface area contributed by atoms with E-state index in [0.717, 1.165) is 6.42 Å². The Bertz CT molecular complexity index is 639. The molecule has 2 rings (SSSR count). The van der Waals surface area contributed by atoms with Gasteiger partial charge < -0.3 is 10.2 Å². The number of hydrogen-bond acceptors (Lipinski definition) is 2. The summed E-state index contributed by atoms with van der Waals surface area (Å²) >= 11 is 11.9. The molecular formula is C18H20Cl2N2O. The molecule has 2 aromatic rings. The molecule has 0 heterocycles. The fourth-order valence-corrected chi connectivity index (χ4v) is 2.85. The standard InChI is InChI=1S/C18H20Cl2N2O/c1-22(2)17(8-13-6-4-3-5-7-13)12-21-18(23)14-9-15(19)11-16(20)10-14/h3-7,9-11,17H,8,12H2,1-2H3,(H,21,23). The normalized spacial score (nSPS) is 12.2. The molecule has 0 radical (unpaired) electrons. The summed E-state index contributed by atoms with van der Waals surface area (Å²) in [5.74, 6) is -0.172. The Balaban J connectivity index is 1.99. The highest BCUT2D eigenvalue weighted by molar-refractivity contribution is 6.35. The van der Waals surface area contributed by atoms with Gasteiger partial charge in [0.05, 0.1) is 0 Å². The summed E-state index contributed by atoms with van der Waals surface area (Å²) in [6, 6.07) is 15.3. The van der Waals surface area contributed by atoms with Gasteiger partial charge in [-0.1, -0.05) is 53.5 Å². The van der Waals surface area contributed by atoms with Gasteiger partial charge in [0, 0.05) is 28.2 Å². The first-order valence-electron chi connectivity index (χ1n) is 7.40. The average molecular weight is 351 g/mol. The zero-order valence-corrected chi connectivity index (χ0v) is 14.7. The first-order valence-corrected chi connectivity index (χ1v) is 8.16. The van der Waals surface area contributed by atoms with E-state index in [4.69, 9.17) is 23.2 Å². The van der Waals surface area contributed by atoms with E-state index in [2.05, 4.69) is 22.3 Å². The second kappa shape index (κ2) is 8.34. The van der Waals surface area contributed by atoms with Crippen LogP contribution in [0.2, 0.25) is 10.0 Å². The molecule has 0 spiro atoms. The van der Waals surface area contributed by atoms with E-state index in [1.807, 2.05) is 32.3 Å². The van der Waals surface area contributed by atoms with Crippen LogP contribution in [0.15, 0.2) is 48.5 Å². The predicted molar refractivity (Wildman–Crippen MR) is 96.4 cm³/mol. The van der Waals surface area contributed by atoms with Crippen LogP contribution in [0, 0.1) is 0 Å². The molecule has 0 fully saturated rings. The summed E-state index contributed by atoms with van der Waals surface area (Å²) in [7, 11) is 4.02. The van der Waals surface area contributed by atoms with Crippen molar-refractivity contribution >= 4 is 29.1 Å². The van der Waals surface area contributed by atoms with Crippen molar-refractivity contribution in [2.45, 2.75) is 12.5 Å². The largest absolute Gasteiger partial charge is 0.350 e. The van der Waals surface area contributed by atoms with Crippen LogP contribution in [-0.4, -0.2) is 37.5 Å². The highest BCUT2D eigenvalue weighted by atomic mass is 35.5. The number of amides is 1. The number of carbonyl (C=O) groups excluding carboxylic acids is 1. The molecule has 0 aliphatic carbocycles. The molecule has 0 bridgehead atoms. The number of carbonyl (C=O) groups is 1. The van der Waals surface area contributed by atoms with Gasteiger partial charge in [0.15, 0.2) is 0 Å². The first kappa shape index (κ1) is 17.8. The Hall–Kier alpha value is -1.55. The molecule has 1 amide bonds. The summed E-state index contributed by atoms with van der Waals surface area (Å²) < 4.78 is 0. The third-order valence-electron chi connectivity index (χ3n) is 3.67. The predicted octanol–water partition coefficient (Wildman–Crippen LogP) is 3.90. The second-order valence-electron chi connectivity index (χ2n) is 5.68. The van der Waals surface area contributed by atoms with E-state index in [9.17, 15) is 4.79 Å². The molecule has 2 aromatic carbocycles. The quantitative estimate of drug-likeness (QED) is 0.856. The van der Waals surface area contributed by atoms with Crippen LogP contribution in [0.3, 0.4) is 0 Å². The van der Waals surface area contributed by atoms with Crippen molar-refractivity contribution in [3.8, 4) is 0 Å². The highest BCUT2D eigenvalue weighted by Crippen LogP contribution is 2.19. The lowest BCUT2D eigenvalue weighted by Crippen LogP contribution is -2.41. The Labute approximate surface area is 147 Å². The smallest absolute Gasteiger partial charge is 0.251 e. The van der Waals surface area contributed by atoms with E-state index < -0.39 is 0 Å². The van der Waals surface area contributed by atoms with Crippen LogP contribution < -0.4 is 5.32 Å². The minimum atomic E-state index is -0.172. The number of rotatable bonds is 6. The van der Waals surface area contributed by atoms with Gasteiger partial charge in [-0.2, -0.15) is 0 Å². The maximum Gasteiger partial charge on any atom is 0.251 e. The molecule has 0 aromatic heterocycles. The van der Waals surface area contributed by atoms with Gasteiger partial charge in [0.2, 0.25) is 0 Å². The fourth-order valence-electron chi connectivity index (χ4n) is 2.32. The van der Waals surface area contributed by atoms with Crippen LogP contribution in [0.5, 0.6) is 0 Å². The number of hydrogen-bond donors (Lipinski definition) is 1. The van der Waals surface area contributed by atoms with E-state index in [1.165, 1.54) is 5.56 Å². The zero-order chi connectivity index (χ0) is 16.8. The number of halogens is 2. The van der Waals surface area contributed by atoms with Crippen molar-refractivity contribution in [3.05, 3.63) is 69.7 Å². The Morgan fingerprint density at radius 2 is 1.70 bits per heavy atom. The van der Waals surface area contributed by atoms with Crippen LogP contribution in [-0.2, 0) is 6.42 Å². The molecular weight excluding hydrogens is 331 g/mol. The van der Waals surface area contributed by atoms with Crippen molar-refractivity contribution in [2.75, 3.05) is 20.6 Å². The van der Waals surface area contributed by atoms with Crippen molar-refractivity contribution in [2.24, 2.45) is 0 Å². The second-order valence-corrected chi connectivity index (χ2v) is 6.55. The summed E-state index contributed by atoms with van der Waals surface area (Å²) in [5, 5.41) is 3.87. The molecule has 0 aliphatic rings. The third kappa shape index (κ3) is 5.54. The highest BCUT2D eigenvalue weighted by Gasteiger charge is 2.15. The number of nitrogens with zero attached hydrogens (tertiary/aromatic N) is 1. The Morgan fingerprint density at radius 3 is 2.26 bits per heavy atom. The van der Waals surface area contributed by atoms with Gasteiger partial charge in [-0.15, -0.1) is 0 Å². The Kier molecular flexibility index (Phi) is 6.46. The lowest BCUT2D eigenvalue weighted by Gasteiger charge is -2.25. The molecule has 0 saturated carbocycles. The minimum absolute atomic E-state index is 0.172. The lowest BCUT2D eigenvalue weighted by atomic mass is 10.1. The van der Waals surface area contributed by atoms with Gasteiger partial charge in [-0.25, -0.2) is 0 Å². The van der Waals surface area contributed by atoms with Gasteiger partial charge in [0.25, 0.3) is 5.91 Å². The SMILES string of the molecule is CN(C)C(CNC(=O)c1cc(Cl)cc(Cl)c1)Cc1ccccc1. The van der Waals surface area contributed by atoms with Crippen molar-refractivity contribution in [1.82, 2.24) is 10.2 Å². The Morgan fingerprint density at radius 1 is 1.09 bits per heavy atom. The van der Waals surface area contributed by atoms with E-state index in [-0.39, 0.29) is 11.9 Å². The van der Waals surface area contributed by atoms with Crippen molar-refractivity contribution in [3.63, 3.8) is 0 Å². The van der Waals surface area contributed by atoms with Gasteiger partial charge >= 0.3 is 0 Å². The third-order valence-corrected chi connectivity index (χ3v) is 4.10. The van der Waals surface area contributed by atoms with Crippen LogP contribution in [0.25, 0.3) is 0 Å². The molecule has 122 valence electrons. The van der Waals surface area contributed by atoms with Crippen molar-refractivity contribution < 1.29 is 4.79 Å². The van der Waals surface area contributed by atoms with E-state index in [0.29, 0.717) is 22.2 Å². The van der Waals surface area contributed by atoms with Gasteiger partial charge in [0.1, 0.15) is 0 Å². The summed E-state index contributed by atoms with van der Waals surface area (Å²) in [4.78, 5) is 14.4. The molecule has 0 saturated heterocycles. The van der Waals surface area contributed by atoms with Crippen LogP contribution in [0.4, 0.5) is 0 Å². The minimum Gasteiger partial charge on any atom is -0.350 e. The number of likely N-dealkylation sites (N-methyl/N-ethyl adjacent to an activating group) is 1. The summed E-state index contributed by atoms with van der Waals surface area (Å²) in [6.45, 7) is 0.546. The van der Waals surface area contributed by atoms with Crippen LogP contribution >= 0.6 is 23.2 Å². The van der Waals surface area contributed by atoms with E-state index in [1.54, 1.807) is 18.2 Å². The lowest BCUT2D eigenvalue weighted by molar-refractivity contribution is 0.0941. The fraction of sp³-hybridized carbons (Fsp3) is 0.278. The maximum absolute atomic E-state index is 12.3. The molecule has 1 atom stereocenters.